The van der Waals surface area contributed by atoms with Crippen LogP contribution in [-0.4, -0.2) is 23.4 Å². The maximum atomic E-state index is 13.6. The van der Waals surface area contributed by atoms with Crippen molar-refractivity contribution in [1.29, 1.82) is 0 Å². The van der Waals surface area contributed by atoms with Crippen LogP contribution in [0.4, 0.5) is 8.78 Å². The van der Waals surface area contributed by atoms with Crippen molar-refractivity contribution in [2.45, 2.75) is 25.8 Å². The number of aromatic nitrogens is 2. The van der Waals surface area contributed by atoms with E-state index >= 15 is 0 Å². The molecule has 1 aromatic heterocycles. The van der Waals surface area contributed by atoms with Crippen LogP contribution >= 0.6 is 0 Å². The Kier molecular flexibility index (Phi) is 4.64. The molecule has 7 heteroatoms. The van der Waals surface area contributed by atoms with E-state index in [4.69, 9.17) is 15.0 Å². The van der Waals surface area contributed by atoms with E-state index in [2.05, 4.69) is 10.1 Å². The Morgan fingerprint density at radius 2 is 2.14 bits per heavy atom. The van der Waals surface area contributed by atoms with Gasteiger partial charge in [0.1, 0.15) is 17.2 Å². The lowest BCUT2D eigenvalue weighted by molar-refractivity contribution is 0.0962. The first-order valence-corrected chi connectivity index (χ1v) is 6.56. The van der Waals surface area contributed by atoms with E-state index in [1.807, 2.05) is 6.92 Å². The van der Waals surface area contributed by atoms with Crippen molar-refractivity contribution in [2.75, 3.05) is 13.2 Å². The van der Waals surface area contributed by atoms with Crippen LogP contribution in [0.25, 0.3) is 0 Å². The molecule has 5 nitrogen and oxygen atoms in total. The number of nitrogens with two attached hydrogens (primary N) is 1. The van der Waals surface area contributed by atoms with Gasteiger partial charge in [0.05, 0.1) is 13.0 Å². The first-order valence-electron chi connectivity index (χ1n) is 6.56. The molecule has 0 aliphatic rings. The molecule has 0 saturated heterocycles. The molecule has 0 bridgehead atoms. The summed E-state index contributed by atoms with van der Waals surface area (Å²) in [5, 5.41) is 3.80. The number of benzene rings is 1. The standard InChI is InChI=1S/C14H17F2N3O2/c1-3-20-8-14(2,17)13-18-12(21-19-13)6-9-4-5-10(15)7-11(9)16/h4-5,7H,3,6,8,17H2,1-2H3. The fourth-order valence-corrected chi connectivity index (χ4v) is 1.77. The molecular formula is C14H17F2N3O2. The summed E-state index contributed by atoms with van der Waals surface area (Å²) in [6.07, 6.45) is 0.0732. The van der Waals surface area contributed by atoms with Crippen molar-refractivity contribution >= 4 is 0 Å². The fraction of sp³-hybridized carbons (Fsp3) is 0.429. The molecule has 1 unspecified atom stereocenters. The van der Waals surface area contributed by atoms with Crippen LogP contribution in [0.15, 0.2) is 22.7 Å². The largest absolute Gasteiger partial charge is 0.379 e. The Bertz CT molecular complexity index is 614. The lowest BCUT2D eigenvalue weighted by Gasteiger charge is -2.19. The number of hydrogen-bond donors (Lipinski definition) is 1. The zero-order valence-electron chi connectivity index (χ0n) is 11.9. The van der Waals surface area contributed by atoms with E-state index in [-0.39, 0.29) is 30.3 Å². The van der Waals surface area contributed by atoms with Crippen LogP contribution in [0.2, 0.25) is 0 Å². The summed E-state index contributed by atoms with van der Waals surface area (Å²) in [5.41, 5.74) is 5.43. The molecule has 0 aliphatic carbocycles. The first-order chi connectivity index (χ1) is 9.92. The van der Waals surface area contributed by atoms with E-state index in [0.717, 1.165) is 6.07 Å². The molecule has 0 fully saturated rings. The van der Waals surface area contributed by atoms with Crippen molar-refractivity contribution in [1.82, 2.24) is 10.1 Å². The first kappa shape index (κ1) is 15.5. The minimum absolute atomic E-state index is 0.0732. The summed E-state index contributed by atoms with van der Waals surface area (Å²) in [5.74, 6) is -0.787. The van der Waals surface area contributed by atoms with E-state index in [0.29, 0.717) is 6.61 Å². The molecule has 2 N–H and O–H groups in total. The summed E-state index contributed by atoms with van der Waals surface area (Å²) in [6.45, 7) is 4.34. The van der Waals surface area contributed by atoms with Gasteiger partial charge in [0.25, 0.3) is 0 Å². The Balaban J connectivity index is 2.13. The molecule has 1 heterocycles. The van der Waals surface area contributed by atoms with Crippen LogP contribution < -0.4 is 5.73 Å². The molecule has 0 spiro atoms. The van der Waals surface area contributed by atoms with Gasteiger partial charge in [0.2, 0.25) is 5.89 Å². The molecule has 1 atom stereocenters. The lowest BCUT2D eigenvalue weighted by atomic mass is 10.1. The second-order valence-electron chi connectivity index (χ2n) is 4.98. The monoisotopic (exact) mass is 297 g/mol. The normalized spacial score (nSPS) is 14.1. The SMILES string of the molecule is CCOCC(C)(N)c1noc(Cc2ccc(F)cc2F)n1. The quantitative estimate of drug-likeness (QED) is 0.884. The van der Waals surface area contributed by atoms with Gasteiger partial charge in [-0.05, 0) is 25.5 Å². The lowest BCUT2D eigenvalue weighted by Crippen LogP contribution is -2.39. The molecule has 2 aromatic rings. The van der Waals surface area contributed by atoms with Crippen molar-refractivity contribution in [3.8, 4) is 0 Å². The summed E-state index contributed by atoms with van der Waals surface area (Å²) >= 11 is 0. The van der Waals surface area contributed by atoms with Gasteiger partial charge in [-0.2, -0.15) is 4.98 Å². The van der Waals surface area contributed by atoms with Crippen molar-refractivity contribution in [3.63, 3.8) is 0 Å². The minimum atomic E-state index is -0.890. The molecule has 0 radical (unpaired) electrons. The fourth-order valence-electron chi connectivity index (χ4n) is 1.77. The van der Waals surface area contributed by atoms with Crippen LogP contribution in [0.3, 0.4) is 0 Å². The topological polar surface area (TPSA) is 74.2 Å². The molecule has 1 aromatic carbocycles. The predicted octanol–water partition coefficient (Wildman–Crippen LogP) is 2.15. The van der Waals surface area contributed by atoms with E-state index in [1.54, 1.807) is 6.92 Å². The number of halogens is 2. The van der Waals surface area contributed by atoms with Crippen molar-refractivity contribution in [2.24, 2.45) is 5.73 Å². The summed E-state index contributed by atoms with van der Waals surface area (Å²) < 4.78 is 36.7. The smallest absolute Gasteiger partial charge is 0.231 e. The van der Waals surface area contributed by atoms with Gasteiger partial charge in [0.15, 0.2) is 5.82 Å². The highest BCUT2D eigenvalue weighted by molar-refractivity contribution is 5.21. The maximum Gasteiger partial charge on any atom is 0.231 e. The highest BCUT2D eigenvalue weighted by Gasteiger charge is 2.28. The van der Waals surface area contributed by atoms with Gasteiger partial charge in [-0.15, -0.1) is 0 Å². The van der Waals surface area contributed by atoms with Crippen molar-refractivity contribution < 1.29 is 18.0 Å². The van der Waals surface area contributed by atoms with Gasteiger partial charge >= 0.3 is 0 Å². The zero-order chi connectivity index (χ0) is 15.5. The molecule has 2 rings (SSSR count). The van der Waals surface area contributed by atoms with E-state index < -0.39 is 17.2 Å². The average Bonchev–Trinajstić information content (AvgIpc) is 2.89. The predicted molar refractivity (Wildman–Crippen MR) is 71.5 cm³/mol. The van der Waals surface area contributed by atoms with E-state index in [1.165, 1.54) is 12.1 Å². The third kappa shape index (κ3) is 3.83. The van der Waals surface area contributed by atoms with Gasteiger partial charge in [0, 0.05) is 12.7 Å². The zero-order valence-corrected chi connectivity index (χ0v) is 11.9. The Hall–Kier alpha value is -1.86. The van der Waals surface area contributed by atoms with E-state index in [9.17, 15) is 8.78 Å². The number of ether oxygens (including phenoxy) is 1. The summed E-state index contributed by atoms with van der Waals surface area (Å²) in [6, 6.07) is 3.34. The van der Waals surface area contributed by atoms with Crippen LogP contribution in [0, 0.1) is 11.6 Å². The third-order valence-electron chi connectivity index (χ3n) is 2.94. The van der Waals surface area contributed by atoms with Gasteiger partial charge < -0.3 is 15.0 Å². The average molecular weight is 297 g/mol. The molecule has 114 valence electrons. The molecule has 0 saturated carbocycles. The minimum Gasteiger partial charge on any atom is -0.379 e. The van der Waals surface area contributed by atoms with Crippen LogP contribution in [0.5, 0.6) is 0 Å². The second kappa shape index (κ2) is 6.28. The Morgan fingerprint density at radius 3 is 2.81 bits per heavy atom. The Morgan fingerprint density at radius 1 is 1.38 bits per heavy atom. The van der Waals surface area contributed by atoms with Gasteiger partial charge in [-0.1, -0.05) is 11.2 Å². The molecule has 0 aliphatic heterocycles. The highest BCUT2D eigenvalue weighted by Crippen LogP contribution is 2.18. The molecular weight excluding hydrogens is 280 g/mol. The number of rotatable bonds is 6. The highest BCUT2D eigenvalue weighted by atomic mass is 19.1. The summed E-state index contributed by atoms with van der Waals surface area (Å²) in [7, 11) is 0. The third-order valence-corrected chi connectivity index (χ3v) is 2.94. The maximum absolute atomic E-state index is 13.6. The number of hydrogen-bond acceptors (Lipinski definition) is 5. The van der Waals surface area contributed by atoms with Gasteiger partial charge in [-0.25, -0.2) is 8.78 Å². The Labute approximate surface area is 121 Å². The summed E-state index contributed by atoms with van der Waals surface area (Å²) in [4.78, 5) is 4.15. The molecule has 0 amide bonds. The van der Waals surface area contributed by atoms with Gasteiger partial charge in [-0.3, -0.25) is 0 Å². The van der Waals surface area contributed by atoms with Crippen LogP contribution in [0.1, 0.15) is 31.1 Å². The second-order valence-corrected chi connectivity index (χ2v) is 4.98. The van der Waals surface area contributed by atoms with Crippen LogP contribution in [-0.2, 0) is 16.7 Å². The van der Waals surface area contributed by atoms with Crippen molar-refractivity contribution in [3.05, 3.63) is 47.1 Å². The molecule has 21 heavy (non-hydrogen) atoms. The number of nitrogens with zero attached hydrogens (tertiary/aromatic N) is 2.